The molecular formula is C24H26ClN3O4. The Bertz CT molecular complexity index is 1110. The second-order valence-corrected chi connectivity index (χ2v) is 8.50. The quantitative estimate of drug-likeness (QED) is 0.582. The SMILES string of the molecule is CC(=O)Nc1ccc(NC(=O)CN2CCOC[C@H](Cc3ccc4ccoc4c3)C2)c(Cl)c1. The predicted molar refractivity (Wildman–Crippen MR) is 125 cm³/mol. The fourth-order valence-electron chi connectivity index (χ4n) is 3.97. The van der Waals surface area contributed by atoms with Crippen LogP contribution in [0.5, 0.6) is 0 Å². The second-order valence-electron chi connectivity index (χ2n) is 8.10. The number of hydrogen-bond donors (Lipinski definition) is 2. The molecule has 0 bridgehead atoms. The van der Waals surface area contributed by atoms with Gasteiger partial charge < -0.3 is 19.8 Å². The van der Waals surface area contributed by atoms with E-state index in [1.54, 1.807) is 24.5 Å². The number of hydrogen-bond acceptors (Lipinski definition) is 5. The summed E-state index contributed by atoms with van der Waals surface area (Å²) in [5, 5.41) is 6.99. The van der Waals surface area contributed by atoms with Crippen LogP contribution in [0, 0.1) is 5.92 Å². The fraction of sp³-hybridized carbons (Fsp3) is 0.333. The summed E-state index contributed by atoms with van der Waals surface area (Å²) in [6.07, 6.45) is 2.55. The van der Waals surface area contributed by atoms with E-state index in [9.17, 15) is 9.59 Å². The van der Waals surface area contributed by atoms with Crippen molar-refractivity contribution < 1.29 is 18.7 Å². The lowest BCUT2D eigenvalue weighted by Crippen LogP contribution is -2.37. The summed E-state index contributed by atoms with van der Waals surface area (Å²) in [5.41, 5.74) is 3.17. The van der Waals surface area contributed by atoms with Gasteiger partial charge in [0.1, 0.15) is 5.58 Å². The number of nitrogens with zero attached hydrogens (tertiary/aromatic N) is 1. The van der Waals surface area contributed by atoms with Crippen LogP contribution in [-0.4, -0.2) is 49.6 Å². The third-order valence-corrected chi connectivity index (χ3v) is 5.71. The van der Waals surface area contributed by atoms with Gasteiger partial charge in [0.2, 0.25) is 11.8 Å². The van der Waals surface area contributed by atoms with Crippen LogP contribution < -0.4 is 10.6 Å². The second kappa shape index (κ2) is 10.2. The van der Waals surface area contributed by atoms with Crippen molar-refractivity contribution in [2.75, 3.05) is 43.5 Å². The number of halogens is 1. The van der Waals surface area contributed by atoms with E-state index in [0.29, 0.717) is 36.2 Å². The van der Waals surface area contributed by atoms with Gasteiger partial charge in [-0.25, -0.2) is 0 Å². The molecule has 0 spiro atoms. The van der Waals surface area contributed by atoms with Crippen LogP contribution in [0.15, 0.2) is 53.1 Å². The van der Waals surface area contributed by atoms with Crippen molar-refractivity contribution in [3.8, 4) is 0 Å². The van der Waals surface area contributed by atoms with E-state index in [-0.39, 0.29) is 24.3 Å². The topological polar surface area (TPSA) is 83.8 Å². The van der Waals surface area contributed by atoms with E-state index in [1.807, 2.05) is 6.07 Å². The van der Waals surface area contributed by atoms with Crippen LogP contribution in [0.4, 0.5) is 11.4 Å². The highest BCUT2D eigenvalue weighted by atomic mass is 35.5. The maximum atomic E-state index is 12.7. The minimum Gasteiger partial charge on any atom is -0.464 e. The Balaban J connectivity index is 1.34. The molecule has 4 rings (SSSR count). The molecule has 1 saturated heterocycles. The zero-order chi connectivity index (χ0) is 22.5. The summed E-state index contributed by atoms with van der Waals surface area (Å²) < 4.78 is 11.3. The van der Waals surface area contributed by atoms with Crippen LogP contribution in [0.3, 0.4) is 0 Å². The number of carbonyl (C=O) groups excluding carboxylic acids is 2. The molecule has 1 aliphatic rings. The minimum absolute atomic E-state index is 0.142. The van der Waals surface area contributed by atoms with Crippen molar-refractivity contribution in [2.24, 2.45) is 5.92 Å². The first-order valence-electron chi connectivity index (χ1n) is 10.6. The van der Waals surface area contributed by atoms with Gasteiger partial charge in [0.15, 0.2) is 0 Å². The highest BCUT2D eigenvalue weighted by Crippen LogP contribution is 2.26. The minimum atomic E-state index is -0.181. The summed E-state index contributed by atoms with van der Waals surface area (Å²) in [6.45, 7) is 4.38. The number of fused-ring (bicyclic) bond motifs is 1. The molecule has 0 saturated carbocycles. The zero-order valence-corrected chi connectivity index (χ0v) is 18.7. The van der Waals surface area contributed by atoms with Crippen molar-refractivity contribution >= 4 is 45.8 Å². The summed E-state index contributed by atoms with van der Waals surface area (Å²) in [5.74, 6) is -0.0464. The van der Waals surface area contributed by atoms with E-state index < -0.39 is 0 Å². The maximum Gasteiger partial charge on any atom is 0.238 e. The molecule has 2 heterocycles. The Morgan fingerprint density at radius 2 is 2.03 bits per heavy atom. The molecule has 0 radical (unpaired) electrons. The fourth-order valence-corrected chi connectivity index (χ4v) is 4.20. The maximum absolute atomic E-state index is 12.7. The highest BCUT2D eigenvalue weighted by molar-refractivity contribution is 6.34. The molecule has 168 valence electrons. The van der Waals surface area contributed by atoms with E-state index in [1.165, 1.54) is 12.5 Å². The van der Waals surface area contributed by atoms with Crippen LogP contribution >= 0.6 is 11.6 Å². The molecular weight excluding hydrogens is 430 g/mol. The number of furan rings is 1. The molecule has 2 aromatic carbocycles. The van der Waals surface area contributed by atoms with Gasteiger partial charge in [-0.05, 0) is 48.2 Å². The lowest BCUT2D eigenvalue weighted by molar-refractivity contribution is -0.117. The number of carbonyl (C=O) groups is 2. The molecule has 2 N–H and O–H groups in total. The molecule has 32 heavy (non-hydrogen) atoms. The lowest BCUT2D eigenvalue weighted by Gasteiger charge is -2.23. The molecule has 0 aliphatic carbocycles. The van der Waals surface area contributed by atoms with Gasteiger partial charge in [0, 0.05) is 31.1 Å². The molecule has 0 unspecified atom stereocenters. The smallest absolute Gasteiger partial charge is 0.238 e. The molecule has 1 fully saturated rings. The number of nitrogens with one attached hydrogen (secondary N) is 2. The van der Waals surface area contributed by atoms with E-state index >= 15 is 0 Å². The summed E-state index contributed by atoms with van der Waals surface area (Å²) >= 11 is 6.27. The van der Waals surface area contributed by atoms with Gasteiger partial charge >= 0.3 is 0 Å². The number of anilines is 2. The molecule has 8 heteroatoms. The highest BCUT2D eigenvalue weighted by Gasteiger charge is 2.21. The first-order chi connectivity index (χ1) is 15.5. The van der Waals surface area contributed by atoms with Crippen molar-refractivity contribution in [1.29, 1.82) is 0 Å². The van der Waals surface area contributed by atoms with E-state index in [2.05, 4.69) is 33.7 Å². The molecule has 2 amide bonds. The third-order valence-electron chi connectivity index (χ3n) is 5.40. The number of ether oxygens (including phenoxy) is 1. The van der Waals surface area contributed by atoms with Crippen molar-refractivity contribution in [2.45, 2.75) is 13.3 Å². The number of rotatable bonds is 6. The van der Waals surface area contributed by atoms with Crippen molar-refractivity contribution in [3.05, 3.63) is 59.3 Å². The summed E-state index contributed by atoms with van der Waals surface area (Å²) in [6, 6.07) is 13.2. The van der Waals surface area contributed by atoms with E-state index in [4.69, 9.17) is 20.8 Å². The summed E-state index contributed by atoms with van der Waals surface area (Å²) in [4.78, 5) is 25.9. The van der Waals surface area contributed by atoms with Crippen LogP contribution in [0.25, 0.3) is 11.0 Å². The molecule has 7 nitrogen and oxygen atoms in total. The third kappa shape index (κ3) is 5.88. The standard InChI is InChI=1S/C24H26ClN3O4/c1-16(29)26-20-4-5-22(21(25)12-20)27-24(30)14-28-7-9-31-15-18(13-28)10-17-2-3-19-6-8-32-23(19)11-17/h2-6,8,11-12,18H,7,9-10,13-15H2,1H3,(H,26,29)(H,27,30)/t18-/m1/s1. The largest absolute Gasteiger partial charge is 0.464 e. The Morgan fingerprint density at radius 3 is 2.84 bits per heavy atom. The summed E-state index contributed by atoms with van der Waals surface area (Å²) in [7, 11) is 0. The molecule has 1 aromatic heterocycles. The van der Waals surface area contributed by atoms with Gasteiger partial charge in [-0.2, -0.15) is 0 Å². The first-order valence-corrected chi connectivity index (χ1v) is 11.0. The van der Waals surface area contributed by atoms with Gasteiger partial charge in [-0.15, -0.1) is 0 Å². The van der Waals surface area contributed by atoms with Gasteiger partial charge in [-0.1, -0.05) is 23.7 Å². The van der Waals surface area contributed by atoms with Crippen molar-refractivity contribution in [1.82, 2.24) is 4.90 Å². The monoisotopic (exact) mass is 455 g/mol. The predicted octanol–water partition coefficient (Wildman–Crippen LogP) is 4.17. The average Bonchev–Trinajstić information content (AvgIpc) is 3.09. The van der Waals surface area contributed by atoms with Gasteiger partial charge in [-0.3, -0.25) is 14.5 Å². The molecule has 1 atom stereocenters. The number of amides is 2. The van der Waals surface area contributed by atoms with Gasteiger partial charge in [0.25, 0.3) is 0 Å². The van der Waals surface area contributed by atoms with Crippen LogP contribution in [0.1, 0.15) is 12.5 Å². The average molecular weight is 456 g/mol. The number of benzene rings is 2. The Kier molecular flexibility index (Phi) is 7.09. The van der Waals surface area contributed by atoms with E-state index in [0.717, 1.165) is 23.9 Å². The lowest BCUT2D eigenvalue weighted by atomic mass is 9.99. The van der Waals surface area contributed by atoms with Crippen LogP contribution in [-0.2, 0) is 20.7 Å². The Labute approximate surface area is 191 Å². The molecule has 1 aliphatic heterocycles. The normalized spacial score (nSPS) is 17.1. The first kappa shape index (κ1) is 22.3. The Hall–Kier alpha value is -2.87. The zero-order valence-electron chi connectivity index (χ0n) is 17.9. The Morgan fingerprint density at radius 1 is 1.16 bits per heavy atom. The van der Waals surface area contributed by atoms with Gasteiger partial charge in [0.05, 0.1) is 36.7 Å². The van der Waals surface area contributed by atoms with Crippen molar-refractivity contribution in [3.63, 3.8) is 0 Å². The molecule has 3 aromatic rings. The van der Waals surface area contributed by atoms with Crippen LogP contribution in [0.2, 0.25) is 5.02 Å².